The first-order chi connectivity index (χ1) is 8.22. The normalized spacial score (nSPS) is 13.5. The summed E-state index contributed by atoms with van der Waals surface area (Å²) in [6.07, 6.45) is 3.33. The van der Waals surface area contributed by atoms with E-state index in [-0.39, 0.29) is 23.0 Å². The lowest BCUT2D eigenvalue weighted by Gasteiger charge is -2.10. The Morgan fingerprint density at radius 2 is 2.06 bits per heavy atom. The Labute approximate surface area is 101 Å². The summed E-state index contributed by atoms with van der Waals surface area (Å²) in [6.45, 7) is 0. The molecule has 5 heteroatoms. The third kappa shape index (κ3) is 1.36. The summed E-state index contributed by atoms with van der Waals surface area (Å²) in [6, 6.07) is 4.82. The molecule has 2 aromatic rings. The first-order valence-corrected chi connectivity index (χ1v) is 6.17. The van der Waals surface area contributed by atoms with Crippen LogP contribution in [0.2, 0.25) is 0 Å². The summed E-state index contributed by atoms with van der Waals surface area (Å²) in [5.74, 6) is -0.401. The van der Waals surface area contributed by atoms with Crippen molar-refractivity contribution in [2.75, 3.05) is 6.26 Å². The molecular weight excluding hydrogens is 238 g/mol. The van der Waals surface area contributed by atoms with Gasteiger partial charge in [0.05, 0.1) is 11.1 Å². The van der Waals surface area contributed by atoms with Crippen molar-refractivity contribution in [2.45, 2.75) is 5.09 Å². The molecule has 0 aromatic carbocycles. The van der Waals surface area contributed by atoms with E-state index in [0.717, 1.165) is 0 Å². The minimum Gasteiger partial charge on any atom is -0.446 e. The van der Waals surface area contributed by atoms with Gasteiger partial charge < -0.3 is 4.42 Å². The van der Waals surface area contributed by atoms with Crippen LogP contribution in [0.4, 0.5) is 0 Å². The predicted molar refractivity (Wildman–Crippen MR) is 61.6 cm³/mol. The number of ketones is 2. The SMILES string of the molecule is CSc1cc2c(o1)C(=O)c1cccnc1C2=O. The standard InChI is InChI=1S/C12H7NO3S/c1-17-8-5-7-10(14)9-6(3-2-4-13-9)11(15)12(7)16-8/h2-5H,1H3. The lowest BCUT2D eigenvalue weighted by atomic mass is 9.93. The Bertz CT molecular complexity index is 592. The topological polar surface area (TPSA) is 60.2 Å². The second-order valence-electron chi connectivity index (χ2n) is 3.57. The molecule has 1 aliphatic rings. The highest BCUT2D eigenvalue weighted by atomic mass is 32.2. The fourth-order valence-electron chi connectivity index (χ4n) is 1.83. The van der Waals surface area contributed by atoms with Gasteiger partial charge in [-0.3, -0.25) is 14.6 Å². The van der Waals surface area contributed by atoms with E-state index >= 15 is 0 Å². The van der Waals surface area contributed by atoms with Gasteiger partial charge in [-0.25, -0.2) is 0 Å². The molecule has 0 fully saturated rings. The van der Waals surface area contributed by atoms with Crippen LogP contribution in [-0.4, -0.2) is 22.8 Å². The Hall–Kier alpha value is -1.88. The van der Waals surface area contributed by atoms with Crippen LogP contribution in [0.1, 0.15) is 32.2 Å². The molecule has 4 nitrogen and oxygen atoms in total. The molecule has 17 heavy (non-hydrogen) atoms. The highest BCUT2D eigenvalue weighted by molar-refractivity contribution is 7.98. The maximum Gasteiger partial charge on any atom is 0.231 e. The Balaban J connectivity index is 2.27. The van der Waals surface area contributed by atoms with Gasteiger partial charge in [-0.05, 0) is 18.4 Å². The minimum absolute atomic E-state index is 0.125. The molecule has 0 spiro atoms. The van der Waals surface area contributed by atoms with E-state index in [1.807, 2.05) is 6.26 Å². The van der Waals surface area contributed by atoms with E-state index in [2.05, 4.69) is 4.98 Å². The highest BCUT2D eigenvalue weighted by Gasteiger charge is 2.34. The summed E-state index contributed by atoms with van der Waals surface area (Å²) in [5.41, 5.74) is 0.830. The zero-order valence-electron chi connectivity index (χ0n) is 8.89. The van der Waals surface area contributed by atoms with Crippen molar-refractivity contribution in [1.29, 1.82) is 0 Å². The van der Waals surface area contributed by atoms with Crippen LogP contribution in [0.25, 0.3) is 0 Å². The maximum absolute atomic E-state index is 12.1. The van der Waals surface area contributed by atoms with Gasteiger partial charge in [-0.1, -0.05) is 11.8 Å². The molecule has 2 heterocycles. The zero-order chi connectivity index (χ0) is 12.0. The molecule has 2 aromatic heterocycles. The number of rotatable bonds is 1. The zero-order valence-corrected chi connectivity index (χ0v) is 9.71. The second-order valence-corrected chi connectivity index (χ2v) is 4.38. The van der Waals surface area contributed by atoms with Gasteiger partial charge in [0.2, 0.25) is 11.6 Å². The van der Waals surface area contributed by atoms with Crippen molar-refractivity contribution in [3.63, 3.8) is 0 Å². The number of pyridine rings is 1. The van der Waals surface area contributed by atoms with Gasteiger partial charge in [0.1, 0.15) is 5.69 Å². The van der Waals surface area contributed by atoms with Gasteiger partial charge in [0.25, 0.3) is 0 Å². The molecular formula is C12H7NO3S. The van der Waals surface area contributed by atoms with Crippen molar-refractivity contribution in [1.82, 2.24) is 4.98 Å². The van der Waals surface area contributed by atoms with Crippen LogP contribution >= 0.6 is 11.8 Å². The summed E-state index contributed by atoms with van der Waals surface area (Å²) in [4.78, 5) is 28.2. The highest BCUT2D eigenvalue weighted by Crippen LogP contribution is 2.31. The lowest BCUT2D eigenvalue weighted by Crippen LogP contribution is -2.20. The van der Waals surface area contributed by atoms with Crippen molar-refractivity contribution in [3.8, 4) is 0 Å². The molecule has 0 saturated carbocycles. The molecule has 0 unspecified atom stereocenters. The number of aromatic nitrogens is 1. The van der Waals surface area contributed by atoms with Crippen molar-refractivity contribution < 1.29 is 14.0 Å². The summed E-state index contributed by atoms with van der Waals surface area (Å²) in [5, 5.41) is 0.560. The maximum atomic E-state index is 12.1. The summed E-state index contributed by atoms with van der Waals surface area (Å²) in [7, 11) is 0. The van der Waals surface area contributed by atoms with E-state index < -0.39 is 0 Å². The van der Waals surface area contributed by atoms with Crippen LogP contribution in [-0.2, 0) is 0 Å². The van der Waals surface area contributed by atoms with Gasteiger partial charge in [-0.15, -0.1) is 0 Å². The molecule has 0 saturated heterocycles. The average Bonchev–Trinajstić information content (AvgIpc) is 2.80. The second kappa shape index (κ2) is 3.56. The predicted octanol–water partition coefficient (Wildman–Crippen LogP) is 2.17. The lowest BCUT2D eigenvalue weighted by molar-refractivity contribution is 0.0954. The smallest absolute Gasteiger partial charge is 0.231 e. The molecule has 0 bridgehead atoms. The molecule has 3 rings (SSSR count). The molecule has 84 valence electrons. The molecule has 0 atom stereocenters. The molecule has 0 amide bonds. The third-order valence-corrected chi connectivity index (χ3v) is 3.23. The number of fused-ring (bicyclic) bond motifs is 2. The monoisotopic (exact) mass is 245 g/mol. The van der Waals surface area contributed by atoms with E-state index in [9.17, 15) is 9.59 Å². The minimum atomic E-state index is -0.275. The number of carbonyl (C=O) groups excluding carboxylic acids is 2. The van der Waals surface area contributed by atoms with Gasteiger partial charge in [0.15, 0.2) is 10.9 Å². The van der Waals surface area contributed by atoms with Crippen molar-refractivity contribution in [2.24, 2.45) is 0 Å². The fourth-order valence-corrected chi connectivity index (χ4v) is 2.23. The number of carbonyl (C=O) groups is 2. The Morgan fingerprint density at radius 1 is 1.24 bits per heavy atom. The van der Waals surface area contributed by atoms with Crippen LogP contribution in [0.3, 0.4) is 0 Å². The van der Waals surface area contributed by atoms with E-state index in [0.29, 0.717) is 16.2 Å². The molecule has 0 radical (unpaired) electrons. The molecule has 0 aliphatic heterocycles. The average molecular weight is 245 g/mol. The number of nitrogens with zero attached hydrogens (tertiary/aromatic N) is 1. The van der Waals surface area contributed by atoms with Crippen LogP contribution in [0, 0.1) is 0 Å². The largest absolute Gasteiger partial charge is 0.446 e. The van der Waals surface area contributed by atoms with E-state index in [4.69, 9.17) is 4.42 Å². The van der Waals surface area contributed by atoms with Crippen LogP contribution < -0.4 is 0 Å². The first-order valence-electron chi connectivity index (χ1n) is 4.94. The van der Waals surface area contributed by atoms with Crippen LogP contribution in [0.15, 0.2) is 33.9 Å². The number of thioether (sulfide) groups is 1. The Kier molecular flexibility index (Phi) is 2.16. The van der Waals surface area contributed by atoms with Crippen molar-refractivity contribution in [3.05, 3.63) is 47.0 Å². The Morgan fingerprint density at radius 3 is 2.82 bits per heavy atom. The van der Waals surface area contributed by atoms with Gasteiger partial charge in [-0.2, -0.15) is 0 Å². The van der Waals surface area contributed by atoms with Gasteiger partial charge >= 0.3 is 0 Å². The number of hydrogen-bond acceptors (Lipinski definition) is 5. The van der Waals surface area contributed by atoms with Crippen molar-refractivity contribution >= 4 is 23.3 Å². The quantitative estimate of drug-likeness (QED) is 0.615. The number of hydrogen-bond donors (Lipinski definition) is 0. The number of furan rings is 1. The third-order valence-electron chi connectivity index (χ3n) is 2.63. The first kappa shape index (κ1) is 10.3. The molecule has 1 aliphatic carbocycles. The van der Waals surface area contributed by atoms with Crippen LogP contribution in [0.5, 0.6) is 0 Å². The fraction of sp³-hybridized carbons (Fsp3) is 0.0833. The summed E-state index contributed by atoms with van der Waals surface area (Å²) >= 11 is 1.35. The summed E-state index contributed by atoms with van der Waals surface area (Å²) < 4.78 is 5.36. The molecule has 0 N–H and O–H groups in total. The van der Waals surface area contributed by atoms with E-state index in [1.54, 1.807) is 18.2 Å². The van der Waals surface area contributed by atoms with Gasteiger partial charge in [0, 0.05) is 12.3 Å². The van der Waals surface area contributed by atoms with E-state index in [1.165, 1.54) is 18.0 Å².